The summed E-state index contributed by atoms with van der Waals surface area (Å²) in [6.07, 6.45) is 6.27. The van der Waals surface area contributed by atoms with Crippen LogP contribution in [0.5, 0.6) is 0 Å². The lowest BCUT2D eigenvalue weighted by molar-refractivity contribution is 0.208. The van der Waals surface area contributed by atoms with Crippen molar-refractivity contribution in [3.63, 3.8) is 0 Å². The Morgan fingerprint density at radius 3 is 2.72 bits per heavy atom. The largest absolute Gasteiger partial charge is 0.332 e. The van der Waals surface area contributed by atoms with Crippen LogP contribution < -0.4 is 0 Å². The fraction of sp³-hybridized carbons (Fsp3) is 0.500. The molecule has 1 saturated heterocycles. The van der Waals surface area contributed by atoms with Crippen molar-refractivity contribution in [2.24, 2.45) is 0 Å². The maximum absolute atomic E-state index is 9.05. The highest BCUT2D eigenvalue weighted by molar-refractivity contribution is 5.32. The van der Waals surface area contributed by atoms with Crippen molar-refractivity contribution < 1.29 is 0 Å². The summed E-state index contributed by atoms with van der Waals surface area (Å²) >= 11 is 0. The summed E-state index contributed by atoms with van der Waals surface area (Å²) in [5, 5.41) is 9.05. The van der Waals surface area contributed by atoms with E-state index in [1.54, 1.807) is 0 Å². The van der Waals surface area contributed by atoms with E-state index >= 15 is 0 Å². The number of likely N-dealkylation sites (tertiary alicyclic amines) is 1. The van der Waals surface area contributed by atoms with E-state index in [0.29, 0.717) is 0 Å². The number of hydrogen-bond donors (Lipinski definition) is 0. The van der Waals surface area contributed by atoms with Gasteiger partial charge in [-0.05, 0) is 43.6 Å². The topological polar surface area (TPSA) is 48.1 Å². The molecule has 1 aromatic heterocycles. The van der Waals surface area contributed by atoms with Gasteiger partial charge >= 0.3 is 0 Å². The Bertz CT molecular complexity index is 767. The van der Waals surface area contributed by atoms with E-state index in [9.17, 15) is 0 Å². The van der Waals surface area contributed by atoms with Crippen molar-refractivity contribution in [1.82, 2.24) is 19.4 Å². The number of fused-ring (bicyclic) bond motifs is 1. The van der Waals surface area contributed by atoms with Crippen molar-refractivity contribution >= 4 is 0 Å². The second-order valence-corrected chi connectivity index (χ2v) is 7.20. The molecule has 0 N–H and O–H groups in total. The molecule has 25 heavy (non-hydrogen) atoms. The smallest absolute Gasteiger partial charge is 0.123 e. The highest BCUT2D eigenvalue weighted by Crippen LogP contribution is 2.18. The molecule has 0 aliphatic carbocycles. The van der Waals surface area contributed by atoms with Crippen molar-refractivity contribution in [1.29, 1.82) is 5.26 Å². The molecular formula is C20H25N5. The lowest BCUT2D eigenvalue weighted by Gasteiger charge is -2.27. The first-order chi connectivity index (χ1) is 12.3. The maximum Gasteiger partial charge on any atom is 0.123 e. The van der Waals surface area contributed by atoms with Gasteiger partial charge in [0.15, 0.2) is 0 Å². The second-order valence-electron chi connectivity index (χ2n) is 7.20. The molecule has 0 bridgehead atoms. The SMILES string of the molecule is N#Cc1cccc(CN2CCn3cc(CN4CCCCC4)nc3C2)c1. The Kier molecular flexibility index (Phi) is 4.82. The van der Waals surface area contributed by atoms with Crippen LogP contribution >= 0.6 is 0 Å². The number of imidazole rings is 1. The van der Waals surface area contributed by atoms with Gasteiger partial charge in [-0.3, -0.25) is 9.80 Å². The normalized spacial score (nSPS) is 18.7. The zero-order chi connectivity index (χ0) is 17.1. The van der Waals surface area contributed by atoms with Crippen molar-refractivity contribution in [3.8, 4) is 6.07 Å². The summed E-state index contributed by atoms with van der Waals surface area (Å²) in [5.74, 6) is 1.18. The summed E-state index contributed by atoms with van der Waals surface area (Å²) in [6.45, 7) is 7.21. The van der Waals surface area contributed by atoms with E-state index in [1.807, 2.05) is 18.2 Å². The number of rotatable bonds is 4. The van der Waals surface area contributed by atoms with E-state index in [0.717, 1.165) is 38.3 Å². The van der Waals surface area contributed by atoms with Crippen molar-refractivity contribution in [2.75, 3.05) is 19.6 Å². The van der Waals surface area contributed by atoms with Crippen LogP contribution in [0.2, 0.25) is 0 Å². The van der Waals surface area contributed by atoms with Gasteiger partial charge in [0.05, 0.1) is 23.9 Å². The Morgan fingerprint density at radius 1 is 1.00 bits per heavy atom. The maximum atomic E-state index is 9.05. The van der Waals surface area contributed by atoms with Gasteiger partial charge in [0, 0.05) is 32.4 Å². The molecule has 5 nitrogen and oxygen atoms in total. The zero-order valence-electron chi connectivity index (χ0n) is 14.7. The van der Waals surface area contributed by atoms with Crippen LogP contribution in [0, 0.1) is 11.3 Å². The predicted octanol–water partition coefficient (Wildman–Crippen LogP) is 2.76. The average Bonchev–Trinajstić information content (AvgIpc) is 3.04. The third-order valence-corrected chi connectivity index (χ3v) is 5.23. The molecule has 0 atom stereocenters. The number of nitriles is 1. The molecule has 0 saturated carbocycles. The number of benzene rings is 1. The van der Waals surface area contributed by atoms with Crippen LogP contribution in [0.15, 0.2) is 30.5 Å². The van der Waals surface area contributed by atoms with E-state index < -0.39 is 0 Å². The molecule has 0 spiro atoms. The highest BCUT2D eigenvalue weighted by atomic mass is 15.2. The Balaban J connectivity index is 1.40. The molecule has 0 amide bonds. The molecule has 3 heterocycles. The third kappa shape index (κ3) is 3.92. The van der Waals surface area contributed by atoms with Gasteiger partial charge in [-0.25, -0.2) is 4.98 Å². The first kappa shape index (κ1) is 16.3. The molecule has 0 unspecified atom stereocenters. The summed E-state index contributed by atoms with van der Waals surface area (Å²) < 4.78 is 2.32. The van der Waals surface area contributed by atoms with Crippen LogP contribution in [-0.4, -0.2) is 39.0 Å². The summed E-state index contributed by atoms with van der Waals surface area (Å²) in [6, 6.07) is 10.1. The van der Waals surface area contributed by atoms with Crippen LogP contribution in [0.4, 0.5) is 0 Å². The first-order valence-corrected chi connectivity index (χ1v) is 9.29. The van der Waals surface area contributed by atoms with Crippen LogP contribution in [0.1, 0.15) is 41.9 Å². The van der Waals surface area contributed by atoms with Crippen molar-refractivity contribution in [2.45, 2.75) is 45.4 Å². The molecule has 1 fully saturated rings. The highest BCUT2D eigenvalue weighted by Gasteiger charge is 2.20. The molecule has 2 aromatic rings. The van der Waals surface area contributed by atoms with Gasteiger partial charge in [-0.15, -0.1) is 0 Å². The van der Waals surface area contributed by atoms with Gasteiger partial charge in [0.1, 0.15) is 5.82 Å². The lowest BCUT2D eigenvalue weighted by Crippen LogP contribution is -2.33. The second kappa shape index (κ2) is 7.38. The number of hydrogen-bond acceptors (Lipinski definition) is 4. The van der Waals surface area contributed by atoms with E-state index in [4.69, 9.17) is 10.2 Å². The van der Waals surface area contributed by atoms with Crippen LogP contribution in [-0.2, 0) is 26.2 Å². The Labute approximate surface area is 149 Å². The van der Waals surface area contributed by atoms with Gasteiger partial charge in [0.2, 0.25) is 0 Å². The summed E-state index contributed by atoms with van der Waals surface area (Å²) in [4.78, 5) is 9.85. The number of aromatic nitrogens is 2. The van der Waals surface area contributed by atoms with Gasteiger partial charge in [-0.1, -0.05) is 18.6 Å². The fourth-order valence-corrected chi connectivity index (χ4v) is 3.92. The van der Waals surface area contributed by atoms with E-state index in [2.05, 4.69) is 32.7 Å². The zero-order valence-corrected chi connectivity index (χ0v) is 14.7. The van der Waals surface area contributed by atoms with E-state index in [1.165, 1.54) is 49.4 Å². The molecule has 130 valence electrons. The quantitative estimate of drug-likeness (QED) is 0.862. The molecule has 4 rings (SSSR count). The van der Waals surface area contributed by atoms with E-state index in [-0.39, 0.29) is 0 Å². The van der Waals surface area contributed by atoms with Crippen LogP contribution in [0.25, 0.3) is 0 Å². The monoisotopic (exact) mass is 335 g/mol. The molecule has 1 aromatic carbocycles. The first-order valence-electron chi connectivity index (χ1n) is 9.29. The Hall–Kier alpha value is -2.16. The minimum Gasteiger partial charge on any atom is -0.332 e. The number of piperidine rings is 1. The lowest BCUT2D eigenvalue weighted by atomic mass is 10.1. The van der Waals surface area contributed by atoms with Gasteiger partial charge < -0.3 is 4.57 Å². The average molecular weight is 335 g/mol. The minimum absolute atomic E-state index is 0.736. The number of nitrogens with zero attached hydrogens (tertiary/aromatic N) is 5. The summed E-state index contributed by atoms with van der Waals surface area (Å²) in [5.41, 5.74) is 3.15. The molecule has 2 aliphatic heterocycles. The molecule has 5 heteroatoms. The molecule has 0 radical (unpaired) electrons. The third-order valence-electron chi connectivity index (χ3n) is 5.23. The Morgan fingerprint density at radius 2 is 1.88 bits per heavy atom. The van der Waals surface area contributed by atoms with Gasteiger partial charge in [-0.2, -0.15) is 5.26 Å². The fourth-order valence-electron chi connectivity index (χ4n) is 3.92. The van der Waals surface area contributed by atoms with Crippen molar-refractivity contribution in [3.05, 3.63) is 53.1 Å². The predicted molar refractivity (Wildman–Crippen MR) is 96.6 cm³/mol. The van der Waals surface area contributed by atoms with Crippen LogP contribution in [0.3, 0.4) is 0 Å². The standard InChI is InChI=1S/C20H25N5/c21-12-17-5-4-6-18(11-17)13-24-9-10-25-15-19(22-20(25)16-24)14-23-7-2-1-3-8-23/h4-6,11,15H,1-3,7-10,13-14,16H2. The minimum atomic E-state index is 0.736. The van der Waals surface area contributed by atoms with Gasteiger partial charge in [0.25, 0.3) is 0 Å². The molecular weight excluding hydrogens is 310 g/mol. The summed E-state index contributed by atoms with van der Waals surface area (Å²) in [7, 11) is 0. The molecule has 2 aliphatic rings.